The van der Waals surface area contributed by atoms with Crippen molar-refractivity contribution in [3.05, 3.63) is 0 Å². The summed E-state index contributed by atoms with van der Waals surface area (Å²) in [6.07, 6.45) is 0.897. The van der Waals surface area contributed by atoms with Crippen LogP contribution in [0.5, 0.6) is 0 Å². The number of hydrazone groups is 1. The molecule has 0 fully saturated rings. The number of rotatable bonds is 3. The van der Waals surface area contributed by atoms with Crippen LogP contribution in [-0.2, 0) is 0 Å². The second-order valence-corrected chi connectivity index (χ2v) is 2.57. The van der Waals surface area contributed by atoms with E-state index in [0.29, 0.717) is 6.04 Å². The molecule has 0 aromatic rings. The van der Waals surface area contributed by atoms with Crippen LogP contribution in [0.15, 0.2) is 10.1 Å². The Morgan fingerprint density at radius 3 is 2.18 bits per heavy atom. The number of nitrogens with zero attached hydrogens (tertiary/aromatic N) is 3. The summed E-state index contributed by atoms with van der Waals surface area (Å²) >= 11 is 0. The molecule has 0 radical (unpaired) electrons. The van der Waals surface area contributed by atoms with Crippen molar-refractivity contribution < 1.29 is 0 Å². The lowest BCUT2D eigenvalue weighted by molar-refractivity contribution is 0.364. The number of hydrogen-bond donors (Lipinski definition) is 0. The molecule has 0 aliphatic rings. The van der Waals surface area contributed by atoms with Gasteiger partial charge in [0.1, 0.15) is 5.84 Å². The summed E-state index contributed by atoms with van der Waals surface area (Å²) in [4.78, 5) is 4.11. The molecule has 0 aromatic heterocycles. The first-order valence-electron chi connectivity index (χ1n) is 3.88. The van der Waals surface area contributed by atoms with E-state index in [-0.39, 0.29) is 0 Å². The molecule has 0 heterocycles. The Morgan fingerprint density at radius 2 is 2.09 bits per heavy atom. The minimum atomic E-state index is 0.339. The van der Waals surface area contributed by atoms with E-state index in [1.807, 2.05) is 5.01 Å². The molecule has 0 atom stereocenters. The van der Waals surface area contributed by atoms with Gasteiger partial charge < -0.3 is 0 Å². The van der Waals surface area contributed by atoms with Crippen molar-refractivity contribution >= 4 is 12.6 Å². The zero-order valence-electron chi connectivity index (χ0n) is 7.83. The van der Waals surface area contributed by atoms with Gasteiger partial charge in [0.15, 0.2) is 0 Å². The third-order valence-electron chi connectivity index (χ3n) is 1.48. The maximum atomic E-state index is 4.11. The van der Waals surface area contributed by atoms with Crippen molar-refractivity contribution in [2.45, 2.75) is 33.2 Å². The maximum absolute atomic E-state index is 4.11. The van der Waals surface area contributed by atoms with Gasteiger partial charge >= 0.3 is 0 Å². The highest BCUT2D eigenvalue weighted by Crippen LogP contribution is 2.02. The van der Waals surface area contributed by atoms with Crippen molar-refractivity contribution in [2.24, 2.45) is 10.1 Å². The second kappa shape index (κ2) is 4.88. The Kier molecular flexibility index (Phi) is 4.50. The summed E-state index contributed by atoms with van der Waals surface area (Å²) in [7, 11) is 1.78. The zero-order valence-corrected chi connectivity index (χ0v) is 7.83. The van der Waals surface area contributed by atoms with Crippen LogP contribution in [-0.4, -0.2) is 30.7 Å². The van der Waals surface area contributed by atoms with Gasteiger partial charge in [-0.05, 0) is 13.8 Å². The molecule has 0 saturated carbocycles. The maximum Gasteiger partial charge on any atom is 0.119 e. The standard InChI is InChI=1S/C8H17N3/c1-6-8(9-4)11(10-5)7(2)3/h7H,5-6H2,1-4H3. The van der Waals surface area contributed by atoms with Crippen molar-refractivity contribution in [1.29, 1.82) is 0 Å². The highest BCUT2D eigenvalue weighted by molar-refractivity contribution is 5.82. The molecule has 3 heteroatoms. The van der Waals surface area contributed by atoms with Gasteiger partial charge in [0, 0.05) is 26.2 Å². The summed E-state index contributed by atoms with van der Waals surface area (Å²) in [6, 6.07) is 0.339. The lowest BCUT2D eigenvalue weighted by atomic mass is 10.3. The van der Waals surface area contributed by atoms with E-state index < -0.39 is 0 Å². The lowest BCUT2D eigenvalue weighted by Crippen LogP contribution is -2.31. The highest BCUT2D eigenvalue weighted by Gasteiger charge is 2.09. The molecular weight excluding hydrogens is 138 g/mol. The topological polar surface area (TPSA) is 28.0 Å². The molecule has 0 aromatic carbocycles. The highest BCUT2D eigenvalue weighted by atomic mass is 15.5. The molecule has 0 N–H and O–H groups in total. The molecule has 3 nitrogen and oxygen atoms in total. The summed E-state index contributed by atoms with van der Waals surface area (Å²) < 4.78 is 0. The molecule has 0 unspecified atom stereocenters. The lowest BCUT2D eigenvalue weighted by Gasteiger charge is -2.23. The fourth-order valence-electron chi connectivity index (χ4n) is 0.966. The molecule has 0 rings (SSSR count). The van der Waals surface area contributed by atoms with E-state index in [1.165, 1.54) is 0 Å². The van der Waals surface area contributed by atoms with Crippen LogP contribution in [0.25, 0.3) is 0 Å². The van der Waals surface area contributed by atoms with E-state index >= 15 is 0 Å². The zero-order chi connectivity index (χ0) is 8.85. The number of hydrogen-bond acceptors (Lipinski definition) is 2. The Morgan fingerprint density at radius 1 is 1.55 bits per heavy atom. The normalized spacial score (nSPS) is 11.9. The monoisotopic (exact) mass is 155 g/mol. The van der Waals surface area contributed by atoms with Gasteiger partial charge in [0.05, 0.1) is 0 Å². The first-order chi connectivity index (χ1) is 5.17. The van der Waals surface area contributed by atoms with Crippen LogP contribution in [0.3, 0.4) is 0 Å². The van der Waals surface area contributed by atoms with E-state index in [0.717, 1.165) is 12.3 Å². The molecule has 0 spiro atoms. The van der Waals surface area contributed by atoms with Crippen LogP contribution in [0.1, 0.15) is 27.2 Å². The summed E-state index contributed by atoms with van der Waals surface area (Å²) in [5, 5.41) is 5.72. The average molecular weight is 155 g/mol. The van der Waals surface area contributed by atoms with Gasteiger partial charge in [-0.25, -0.2) is 0 Å². The van der Waals surface area contributed by atoms with Crippen molar-refractivity contribution in [2.75, 3.05) is 7.05 Å². The second-order valence-electron chi connectivity index (χ2n) is 2.57. The summed E-state index contributed by atoms with van der Waals surface area (Å²) in [5.41, 5.74) is 0. The fraction of sp³-hybridized carbons (Fsp3) is 0.750. The Bertz CT molecular complexity index is 149. The minimum Gasteiger partial charge on any atom is -0.274 e. The van der Waals surface area contributed by atoms with E-state index in [4.69, 9.17) is 0 Å². The third kappa shape index (κ3) is 2.70. The van der Waals surface area contributed by atoms with Crippen LogP contribution < -0.4 is 0 Å². The smallest absolute Gasteiger partial charge is 0.119 e. The summed E-state index contributed by atoms with van der Waals surface area (Å²) in [6.45, 7) is 9.68. The first-order valence-corrected chi connectivity index (χ1v) is 3.88. The largest absolute Gasteiger partial charge is 0.274 e. The van der Waals surface area contributed by atoms with E-state index in [2.05, 4.69) is 37.6 Å². The Balaban J connectivity index is 4.35. The predicted molar refractivity (Wildman–Crippen MR) is 50.2 cm³/mol. The summed E-state index contributed by atoms with van der Waals surface area (Å²) in [5.74, 6) is 0.981. The molecule has 64 valence electrons. The van der Waals surface area contributed by atoms with Crippen LogP contribution in [0, 0.1) is 0 Å². The molecule has 0 aliphatic heterocycles. The van der Waals surface area contributed by atoms with Crippen LogP contribution in [0.2, 0.25) is 0 Å². The molecule has 11 heavy (non-hydrogen) atoms. The quantitative estimate of drug-likeness (QED) is 0.346. The number of amidine groups is 1. The van der Waals surface area contributed by atoms with Gasteiger partial charge in [0.25, 0.3) is 0 Å². The Hall–Kier alpha value is -0.860. The number of aliphatic imine (C=N–C) groups is 1. The van der Waals surface area contributed by atoms with Crippen molar-refractivity contribution in [3.63, 3.8) is 0 Å². The molecule has 0 amide bonds. The molecule has 0 saturated heterocycles. The minimum absolute atomic E-state index is 0.339. The van der Waals surface area contributed by atoms with Crippen LogP contribution in [0.4, 0.5) is 0 Å². The molecular formula is C8H17N3. The average Bonchev–Trinajstić information content (AvgIpc) is 1.99. The van der Waals surface area contributed by atoms with Gasteiger partial charge in [-0.1, -0.05) is 6.92 Å². The molecule has 0 aliphatic carbocycles. The Labute approximate surface area is 68.8 Å². The van der Waals surface area contributed by atoms with E-state index in [1.54, 1.807) is 7.05 Å². The molecule has 0 bridgehead atoms. The van der Waals surface area contributed by atoms with E-state index in [9.17, 15) is 0 Å². The SMILES string of the molecule is C=NN(C(CC)=NC)C(C)C. The van der Waals surface area contributed by atoms with Crippen molar-refractivity contribution in [1.82, 2.24) is 5.01 Å². The fourth-order valence-corrected chi connectivity index (χ4v) is 0.966. The van der Waals surface area contributed by atoms with Gasteiger partial charge in [-0.3, -0.25) is 10.0 Å². The van der Waals surface area contributed by atoms with Crippen LogP contribution >= 0.6 is 0 Å². The third-order valence-corrected chi connectivity index (χ3v) is 1.48. The van der Waals surface area contributed by atoms with Gasteiger partial charge in [-0.15, -0.1) is 0 Å². The van der Waals surface area contributed by atoms with Crippen molar-refractivity contribution in [3.8, 4) is 0 Å². The van der Waals surface area contributed by atoms with Gasteiger partial charge in [0.2, 0.25) is 0 Å². The first kappa shape index (κ1) is 10.1. The predicted octanol–water partition coefficient (Wildman–Crippen LogP) is 1.75. The van der Waals surface area contributed by atoms with Gasteiger partial charge in [-0.2, -0.15) is 5.10 Å².